The summed E-state index contributed by atoms with van der Waals surface area (Å²) < 4.78 is 0. The molecule has 1 aliphatic heterocycles. The number of nitrogens with zero attached hydrogens (tertiary/aromatic N) is 1. The third-order valence-corrected chi connectivity index (χ3v) is 7.72. The Kier molecular flexibility index (Phi) is 7.20. The van der Waals surface area contributed by atoms with Crippen molar-refractivity contribution in [3.8, 4) is 11.1 Å². The van der Waals surface area contributed by atoms with Crippen LogP contribution in [0.25, 0.3) is 11.1 Å². The lowest BCUT2D eigenvalue weighted by atomic mass is 9.74. The number of rotatable bonds is 6. The van der Waals surface area contributed by atoms with Crippen LogP contribution in [0.5, 0.6) is 0 Å². The molecule has 2 aromatic rings. The highest BCUT2D eigenvalue weighted by Gasteiger charge is 2.24. The van der Waals surface area contributed by atoms with Gasteiger partial charge in [-0.05, 0) is 105 Å². The molecule has 1 saturated carbocycles. The average molecular weight is 416 g/mol. The zero-order valence-corrected chi connectivity index (χ0v) is 20.0. The summed E-state index contributed by atoms with van der Waals surface area (Å²) in [6.45, 7) is 13.6. The Bertz CT molecular complexity index is 862. The van der Waals surface area contributed by atoms with Gasteiger partial charge in [0.05, 0.1) is 0 Å². The van der Waals surface area contributed by atoms with Crippen molar-refractivity contribution >= 4 is 5.69 Å². The van der Waals surface area contributed by atoms with E-state index in [1.54, 1.807) is 0 Å². The van der Waals surface area contributed by atoms with Crippen molar-refractivity contribution in [2.75, 3.05) is 18.0 Å². The molecule has 0 unspecified atom stereocenters. The summed E-state index contributed by atoms with van der Waals surface area (Å²) in [7, 11) is 0. The van der Waals surface area contributed by atoms with E-state index in [4.69, 9.17) is 0 Å². The molecular formula is C30H41N. The second-order valence-electron chi connectivity index (χ2n) is 10.5. The van der Waals surface area contributed by atoms with Crippen LogP contribution in [-0.2, 0) is 6.42 Å². The van der Waals surface area contributed by atoms with E-state index in [-0.39, 0.29) is 0 Å². The molecule has 166 valence electrons. The topological polar surface area (TPSA) is 3.24 Å². The molecule has 0 bridgehead atoms. The van der Waals surface area contributed by atoms with Crippen LogP contribution in [0, 0.1) is 24.7 Å². The van der Waals surface area contributed by atoms with Crippen LogP contribution in [0.1, 0.15) is 69.9 Å². The third kappa shape index (κ3) is 5.62. The molecule has 2 fully saturated rings. The average Bonchev–Trinajstić information content (AvgIpc) is 2.80. The Hall–Kier alpha value is -2.02. The second-order valence-corrected chi connectivity index (χ2v) is 10.5. The standard InChI is InChI=1S/C30H41N/c1-22(2)24(4)27-14-10-25(11-15-27)18-26-19-29(28-12-8-23(3)9-13-28)21-30(20-26)31-16-6-5-7-17-31/h8-9,12-13,19-22,25,27H,4-7,10-11,14-18H2,1-3H3. The molecule has 0 spiro atoms. The number of hydrogen-bond acceptors (Lipinski definition) is 1. The van der Waals surface area contributed by atoms with E-state index < -0.39 is 0 Å². The van der Waals surface area contributed by atoms with Crippen molar-refractivity contribution in [2.24, 2.45) is 17.8 Å². The first kappa shape index (κ1) is 22.2. The van der Waals surface area contributed by atoms with E-state index in [0.29, 0.717) is 5.92 Å². The minimum atomic E-state index is 0.625. The molecule has 1 aliphatic carbocycles. The lowest BCUT2D eigenvalue weighted by molar-refractivity contribution is 0.290. The van der Waals surface area contributed by atoms with Gasteiger partial charge in [-0.25, -0.2) is 0 Å². The minimum absolute atomic E-state index is 0.625. The van der Waals surface area contributed by atoms with E-state index in [1.165, 1.54) is 98.0 Å². The lowest BCUT2D eigenvalue weighted by Crippen LogP contribution is -2.29. The molecule has 0 amide bonds. The van der Waals surface area contributed by atoms with Gasteiger partial charge in [0.25, 0.3) is 0 Å². The fraction of sp³-hybridized carbons (Fsp3) is 0.533. The largest absolute Gasteiger partial charge is 0.372 e. The van der Waals surface area contributed by atoms with Crippen LogP contribution >= 0.6 is 0 Å². The van der Waals surface area contributed by atoms with E-state index in [1.807, 2.05) is 0 Å². The van der Waals surface area contributed by atoms with E-state index in [0.717, 1.165) is 11.8 Å². The van der Waals surface area contributed by atoms with Crippen LogP contribution < -0.4 is 4.90 Å². The highest BCUT2D eigenvalue weighted by atomic mass is 15.1. The smallest absolute Gasteiger partial charge is 0.0375 e. The first-order valence-corrected chi connectivity index (χ1v) is 12.6. The van der Waals surface area contributed by atoms with Gasteiger partial charge >= 0.3 is 0 Å². The normalized spacial score (nSPS) is 22.0. The zero-order valence-electron chi connectivity index (χ0n) is 20.0. The molecule has 4 rings (SSSR count). The molecule has 1 heterocycles. The van der Waals surface area contributed by atoms with E-state index in [9.17, 15) is 0 Å². The van der Waals surface area contributed by atoms with Crippen molar-refractivity contribution < 1.29 is 0 Å². The van der Waals surface area contributed by atoms with Gasteiger partial charge in [0.15, 0.2) is 0 Å². The zero-order chi connectivity index (χ0) is 21.8. The van der Waals surface area contributed by atoms with Crippen LogP contribution in [0.2, 0.25) is 0 Å². The molecule has 0 radical (unpaired) electrons. The molecule has 1 saturated heterocycles. The Balaban J connectivity index is 1.53. The fourth-order valence-electron chi connectivity index (χ4n) is 5.58. The van der Waals surface area contributed by atoms with Crippen LogP contribution in [-0.4, -0.2) is 13.1 Å². The first-order chi connectivity index (χ1) is 15.0. The molecule has 1 heteroatoms. The lowest BCUT2D eigenvalue weighted by Gasteiger charge is -2.32. The number of aryl methyl sites for hydroxylation is 1. The van der Waals surface area contributed by atoms with Gasteiger partial charge in [0.1, 0.15) is 0 Å². The Morgan fingerprint density at radius 3 is 2.23 bits per heavy atom. The van der Waals surface area contributed by atoms with Crippen molar-refractivity contribution in [1.82, 2.24) is 0 Å². The fourth-order valence-corrected chi connectivity index (χ4v) is 5.58. The molecule has 31 heavy (non-hydrogen) atoms. The van der Waals surface area contributed by atoms with E-state index >= 15 is 0 Å². The predicted octanol–water partition coefficient (Wildman–Crippen LogP) is 8.21. The number of anilines is 1. The van der Waals surface area contributed by atoms with Gasteiger partial charge in [0, 0.05) is 18.8 Å². The van der Waals surface area contributed by atoms with Crippen LogP contribution in [0.15, 0.2) is 54.6 Å². The van der Waals surface area contributed by atoms with Crippen molar-refractivity contribution in [1.29, 1.82) is 0 Å². The molecule has 0 atom stereocenters. The van der Waals surface area contributed by atoms with Crippen molar-refractivity contribution in [3.63, 3.8) is 0 Å². The summed E-state index contributed by atoms with van der Waals surface area (Å²) in [6.07, 6.45) is 10.6. The molecule has 1 nitrogen and oxygen atoms in total. The van der Waals surface area contributed by atoms with Gasteiger partial charge in [-0.2, -0.15) is 0 Å². The summed E-state index contributed by atoms with van der Waals surface area (Å²) in [5.41, 5.74) is 8.52. The Morgan fingerprint density at radius 2 is 1.58 bits per heavy atom. The van der Waals surface area contributed by atoms with Gasteiger partial charge < -0.3 is 4.90 Å². The van der Waals surface area contributed by atoms with Crippen LogP contribution in [0.4, 0.5) is 5.69 Å². The third-order valence-electron chi connectivity index (χ3n) is 7.72. The van der Waals surface area contributed by atoms with Crippen molar-refractivity contribution in [2.45, 2.75) is 72.1 Å². The highest BCUT2D eigenvalue weighted by molar-refractivity contribution is 5.70. The number of piperidine rings is 1. The van der Waals surface area contributed by atoms with Gasteiger partial charge in [-0.15, -0.1) is 0 Å². The van der Waals surface area contributed by atoms with Gasteiger partial charge in [0.2, 0.25) is 0 Å². The maximum Gasteiger partial charge on any atom is 0.0375 e. The summed E-state index contributed by atoms with van der Waals surface area (Å²) in [5, 5.41) is 0. The number of hydrogen-bond donors (Lipinski definition) is 0. The monoisotopic (exact) mass is 415 g/mol. The molecule has 2 aliphatic rings. The van der Waals surface area contributed by atoms with Crippen molar-refractivity contribution in [3.05, 3.63) is 65.7 Å². The van der Waals surface area contributed by atoms with Gasteiger partial charge in [-0.3, -0.25) is 0 Å². The highest BCUT2D eigenvalue weighted by Crippen LogP contribution is 2.38. The summed E-state index contributed by atoms with van der Waals surface area (Å²) in [4.78, 5) is 2.62. The minimum Gasteiger partial charge on any atom is -0.372 e. The molecule has 2 aromatic carbocycles. The number of allylic oxidation sites excluding steroid dienone is 1. The van der Waals surface area contributed by atoms with E-state index in [2.05, 4.69) is 74.7 Å². The Morgan fingerprint density at radius 1 is 0.903 bits per heavy atom. The second kappa shape index (κ2) is 10.1. The maximum atomic E-state index is 4.40. The molecule has 0 N–H and O–H groups in total. The molecule has 0 aromatic heterocycles. The van der Waals surface area contributed by atoms with Crippen LogP contribution in [0.3, 0.4) is 0 Å². The Labute approximate surface area is 190 Å². The SMILES string of the molecule is C=C(C(C)C)C1CCC(Cc2cc(-c3ccc(C)cc3)cc(N3CCCCC3)c2)CC1. The van der Waals surface area contributed by atoms with Gasteiger partial charge in [-0.1, -0.05) is 61.9 Å². The summed E-state index contributed by atoms with van der Waals surface area (Å²) in [6, 6.07) is 16.5. The number of benzene rings is 2. The summed E-state index contributed by atoms with van der Waals surface area (Å²) >= 11 is 0. The molecular weight excluding hydrogens is 374 g/mol. The first-order valence-electron chi connectivity index (χ1n) is 12.6. The predicted molar refractivity (Wildman–Crippen MR) is 136 cm³/mol. The summed E-state index contributed by atoms with van der Waals surface area (Å²) in [5.74, 6) is 2.19. The maximum absolute atomic E-state index is 4.40. The quantitative estimate of drug-likeness (QED) is 0.430.